The van der Waals surface area contributed by atoms with Crippen LogP contribution < -0.4 is 10.3 Å². The van der Waals surface area contributed by atoms with Crippen LogP contribution in [0.2, 0.25) is 0 Å². The molecule has 0 aliphatic heterocycles. The first-order valence-corrected chi connectivity index (χ1v) is 12.1. The summed E-state index contributed by atoms with van der Waals surface area (Å²) in [5.74, 6) is 0. The fourth-order valence-electron chi connectivity index (χ4n) is 3.30. The molecule has 0 unspecified atom stereocenters. The molecule has 4 rings (SSSR count). The molecule has 10 heteroatoms. The lowest BCUT2D eigenvalue weighted by Gasteiger charge is -2.07. The molecule has 0 aliphatic rings. The van der Waals surface area contributed by atoms with Crippen molar-refractivity contribution < 1.29 is 8.42 Å². The summed E-state index contributed by atoms with van der Waals surface area (Å²) >= 11 is 1.41. The molecule has 4 aromatic rings. The molecule has 0 fully saturated rings. The van der Waals surface area contributed by atoms with Crippen molar-refractivity contribution >= 4 is 27.0 Å². The molecule has 0 saturated carbocycles. The van der Waals surface area contributed by atoms with E-state index >= 15 is 0 Å². The van der Waals surface area contributed by atoms with Gasteiger partial charge in [0.05, 0.1) is 16.3 Å². The summed E-state index contributed by atoms with van der Waals surface area (Å²) in [6.45, 7) is 5.56. The number of nitrogens with one attached hydrogen (secondary N) is 1. The molecule has 0 radical (unpaired) electrons. The van der Waals surface area contributed by atoms with Gasteiger partial charge < -0.3 is 0 Å². The van der Waals surface area contributed by atoms with Gasteiger partial charge in [-0.2, -0.15) is 5.10 Å². The average Bonchev–Trinajstić information content (AvgIpc) is 3.45. The van der Waals surface area contributed by atoms with Crippen molar-refractivity contribution in [3.05, 3.63) is 70.1 Å². The van der Waals surface area contributed by atoms with Crippen molar-refractivity contribution in [2.75, 3.05) is 4.72 Å². The number of thiophene rings is 1. The van der Waals surface area contributed by atoms with Crippen molar-refractivity contribution in [1.82, 2.24) is 19.1 Å². The van der Waals surface area contributed by atoms with Crippen molar-refractivity contribution in [2.45, 2.75) is 31.7 Å². The number of rotatable bonds is 6. The highest BCUT2D eigenvalue weighted by molar-refractivity contribution is 7.92. The Morgan fingerprint density at radius 1 is 1.10 bits per heavy atom. The van der Waals surface area contributed by atoms with E-state index in [1.807, 2.05) is 49.6 Å². The molecule has 162 valence electrons. The van der Waals surface area contributed by atoms with Crippen LogP contribution in [0, 0.1) is 6.92 Å². The van der Waals surface area contributed by atoms with Gasteiger partial charge in [0.2, 0.25) is 0 Å². The quantitative estimate of drug-likeness (QED) is 0.477. The van der Waals surface area contributed by atoms with Gasteiger partial charge in [0, 0.05) is 19.3 Å². The molecule has 1 aromatic carbocycles. The molecule has 31 heavy (non-hydrogen) atoms. The number of para-hydroxylation sites is 1. The Bertz CT molecular complexity index is 1380. The molecular weight excluding hydrogens is 434 g/mol. The van der Waals surface area contributed by atoms with Crippen LogP contribution in [-0.2, 0) is 17.1 Å². The van der Waals surface area contributed by atoms with E-state index < -0.39 is 15.6 Å². The Morgan fingerprint density at radius 3 is 2.42 bits per heavy atom. The van der Waals surface area contributed by atoms with E-state index in [4.69, 9.17) is 0 Å². The second-order valence-corrected chi connectivity index (χ2v) is 10.0. The van der Waals surface area contributed by atoms with E-state index in [-0.39, 0.29) is 16.6 Å². The highest BCUT2D eigenvalue weighted by Crippen LogP contribution is 2.31. The minimum absolute atomic E-state index is 0.0146. The Kier molecular flexibility index (Phi) is 5.36. The molecular formula is C21H23N5O3S2. The standard InChI is InChI=1S/C21H23N5O3S2/c1-14(2)25-13-18(20(22-25)17-11-8-12-30-17)31(28,29)23-19-15(3)24(4)26(21(19)27)16-9-6-5-7-10-16/h5-14,23H,1-4H3. The number of hydrogen-bond donors (Lipinski definition) is 1. The topological polar surface area (TPSA) is 90.9 Å². The maximum Gasteiger partial charge on any atom is 0.296 e. The van der Waals surface area contributed by atoms with Crippen LogP contribution in [0.4, 0.5) is 5.69 Å². The minimum atomic E-state index is -4.07. The lowest BCUT2D eigenvalue weighted by Crippen LogP contribution is -2.23. The van der Waals surface area contributed by atoms with Gasteiger partial charge in [-0.3, -0.25) is 18.9 Å². The molecule has 3 aromatic heterocycles. The number of benzene rings is 1. The van der Waals surface area contributed by atoms with E-state index in [2.05, 4.69) is 9.82 Å². The van der Waals surface area contributed by atoms with Crippen LogP contribution >= 0.6 is 11.3 Å². The summed E-state index contributed by atoms with van der Waals surface area (Å²) in [6.07, 6.45) is 1.51. The van der Waals surface area contributed by atoms with Crippen LogP contribution in [0.1, 0.15) is 25.6 Å². The monoisotopic (exact) mass is 457 g/mol. The van der Waals surface area contributed by atoms with Gasteiger partial charge in [-0.25, -0.2) is 13.1 Å². The molecule has 8 nitrogen and oxygen atoms in total. The molecule has 0 bridgehead atoms. The van der Waals surface area contributed by atoms with E-state index in [1.165, 1.54) is 22.2 Å². The number of hydrogen-bond acceptors (Lipinski definition) is 5. The Labute approximate surface area is 184 Å². The summed E-state index contributed by atoms with van der Waals surface area (Å²) in [7, 11) is -2.35. The van der Waals surface area contributed by atoms with Crippen molar-refractivity contribution in [3.8, 4) is 16.3 Å². The maximum atomic E-state index is 13.4. The third kappa shape index (κ3) is 3.72. The highest BCUT2D eigenvalue weighted by atomic mass is 32.2. The SMILES string of the molecule is Cc1c(NS(=O)(=O)c2cn(C(C)C)nc2-c2cccs2)c(=O)n(-c2ccccc2)n1C. The van der Waals surface area contributed by atoms with Gasteiger partial charge in [-0.15, -0.1) is 11.3 Å². The van der Waals surface area contributed by atoms with Gasteiger partial charge in [0.15, 0.2) is 0 Å². The molecule has 0 aliphatic carbocycles. The lowest BCUT2D eigenvalue weighted by atomic mass is 10.3. The smallest absolute Gasteiger partial charge is 0.283 e. The van der Waals surface area contributed by atoms with Gasteiger partial charge >= 0.3 is 0 Å². The van der Waals surface area contributed by atoms with E-state index in [0.717, 1.165) is 4.88 Å². The molecule has 1 N–H and O–H groups in total. The summed E-state index contributed by atoms with van der Waals surface area (Å²) in [5.41, 5.74) is 1.10. The lowest BCUT2D eigenvalue weighted by molar-refractivity contribution is 0.532. The predicted octanol–water partition coefficient (Wildman–Crippen LogP) is 3.79. The second-order valence-electron chi connectivity index (χ2n) is 7.44. The summed E-state index contributed by atoms with van der Waals surface area (Å²) in [5, 5.41) is 6.36. The Balaban J connectivity index is 1.82. The largest absolute Gasteiger partial charge is 0.296 e. The summed E-state index contributed by atoms with van der Waals surface area (Å²) in [4.78, 5) is 13.9. The maximum absolute atomic E-state index is 13.4. The van der Waals surface area contributed by atoms with Crippen LogP contribution in [0.25, 0.3) is 16.3 Å². The summed E-state index contributed by atoms with van der Waals surface area (Å²) < 4.78 is 34.0. The normalized spacial score (nSPS) is 11.9. The van der Waals surface area contributed by atoms with Gasteiger partial charge in [-0.1, -0.05) is 24.3 Å². The zero-order valence-corrected chi connectivity index (χ0v) is 19.2. The third-order valence-electron chi connectivity index (χ3n) is 5.06. The van der Waals surface area contributed by atoms with E-state index in [9.17, 15) is 13.2 Å². The van der Waals surface area contributed by atoms with Gasteiger partial charge in [0.25, 0.3) is 15.6 Å². The van der Waals surface area contributed by atoms with Gasteiger partial charge in [-0.05, 0) is 44.4 Å². The molecule has 3 heterocycles. The van der Waals surface area contributed by atoms with Crippen molar-refractivity contribution in [2.24, 2.45) is 7.05 Å². The highest BCUT2D eigenvalue weighted by Gasteiger charge is 2.28. The van der Waals surface area contributed by atoms with Crippen LogP contribution in [0.5, 0.6) is 0 Å². The fraction of sp³-hybridized carbons (Fsp3) is 0.238. The first-order valence-electron chi connectivity index (χ1n) is 9.70. The number of sulfonamides is 1. The average molecular weight is 458 g/mol. The zero-order chi connectivity index (χ0) is 22.3. The fourth-order valence-corrected chi connectivity index (χ4v) is 5.35. The Morgan fingerprint density at radius 2 is 1.81 bits per heavy atom. The van der Waals surface area contributed by atoms with Gasteiger partial charge in [0.1, 0.15) is 16.3 Å². The van der Waals surface area contributed by atoms with E-state index in [1.54, 1.807) is 35.5 Å². The first kappa shape index (κ1) is 21.1. The van der Waals surface area contributed by atoms with Crippen molar-refractivity contribution in [3.63, 3.8) is 0 Å². The summed E-state index contributed by atoms with van der Waals surface area (Å²) in [6, 6.07) is 12.7. The molecule has 0 spiro atoms. The van der Waals surface area contributed by atoms with Crippen LogP contribution in [0.15, 0.2) is 63.7 Å². The number of nitrogens with zero attached hydrogens (tertiary/aromatic N) is 4. The second kappa shape index (κ2) is 7.86. The van der Waals surface area contributed by atoms with E-state index in [0.29, 0.717) is 17.1 Å². The van der Waals surface area contributed by atoms with Crippen LogP contribution in [0.3, 0.4) is 0 Å². The number of aromatic nitrogens is 4. The molecule has 0 saturated heterocycles. The molecule has 0 amide bonds. The van der Waals surface area contributed by atoms with Crippen LogP contribution in [-0.4, -0.2) is 27.6 Å². The minimum Gasteiger partial charge on any atom is -0.283 e. The molecule has 0 atom stereocenters. The number of anilines is 1. The van der Waals surface area contributed by atoms with Crippen molar-refractivity contribution in [1.29, 1.82) is 0 Å². The first-order chi connectivity index (χ1) is 14.7. The zero-order valence-electron chi connectivity index (χ0n) is 17.6. The third-order valence-corrected chi connectivity index (χ3v) is 7.29. The predicted molar refractivity (Wildman–Crippen MR) is 122 cm³/mol. The Hall–Kier alpha value is -3.11.